The first kappa shape index (κ1) is 12.9. The molecule has 0 aliphatic carbocycles. The van der Waals surface area contributed by atoms with Gasteiger partial charge in [0.25, 0.3) is 5.78 Å². The van der Waals surface area contributed by atoms with Crippen molar-refractivity contribution < 1.29 is 0 Å². The number of aromatic nitrogens is 4. The van der Waals surface area contributed by atoms with Gasteiger partial charge in [-0.2, -0.15) is 19.6 Å². The molecule has 0 aliphatic rings. The van der Waals surface area contributed by atoms with Gasteiger partial charge in [-0.25, -0.2) is 0 Å². The summed E-state index contributed by atoms with van der Waals surface area (Å²) in [5, 5.41) is 5.37. The van der Waals surface area contributed by atoms with E-state index in [1.54, 1.807) is 18.2 Å². The highest BCUT2D eigenvalue weighted by Gasteiger charge is 2.16. The lowest BCUT2D eigenvalue weighted by atomic mass is 10.1. The Kier molecular flexibility index (Phi) is 3.27. The maximum absolute atomic E-state index is 6.27. The summed E-state index contributed by atoms with van der Waals surface area (Å²) < 4.78 is 1.39. The SMILES string of the molecule is Clc1ccc(-c2c(Cl)nc3ncnn3c2Cl)cc1Cl. The summed E-state index contributed by atoms with van der Waals surface area (Å²) in [7, 11) is 0. The van der Waals surface area contributed by atoms with Crippen molar-refractivity contribution in [3.8, 4) is 11.1 Å². The third kappa shape index (κ3) is 2.15. The number of nitrogens with zero attached hydrogens (tertiary/aromatic N) is 4. The fourth-order valence-electron chi connectivity index (χ4n) is 1.67. The number of hydrogen-bond donors (Lipinski definition) is 0. The molecule has 3 rings (SSSR count). The summed E-state index contributed by atoms with van der Waals surface area (Å²) in [5.74, 6) is 0.332. The van der Waals surface area contributed by atoms with Gasteiger partial charge in [0.2, 0.25) is 0 Å². The van der Waals surface area contributed by atoms with Crippen molar-refractivity contribution in [2.75, 3.05) is 0 Å². The Balaban J connectivity index is 2.31. The average Bonchev–Trinajstić information content (AvgIpc) is 2.82. The minimum Gasteiger partial charge on any atom is -0.198 e. The van der Waals surface area contributed by atoms with Crippen LogP contribution in [0, 0.1) is 0 Å². The van der Waals surface area contributed by atoms with Crippen molar-refractivity contribution >= 4 is 52.2 Å². The minimum absolute atomic E-state index is 0.226. The second-order valence-corrected chi connectivity index (χ2v) is 5.20. The number of rotatable bonds is 1. The Morgan fingerprint density at radius 3 is 2.53 bits per heavy atom. The standard InChI is InChI=1S/C11H4Cl4N4/c12-6-2-1-5(3-7(6)13)8-9(14)18-11-16-4-17-19(11)10(8)15/h1-4H. The molecule has 0 spiro atoms. The van der Waals surface area contributed by atoms with E-state index < -0.39 is 0 Å². The largest absolute Gasteiger partial charge is 0.255 e. The maximum atomic E-state index is 6.27. The number of hydrogen-bond acceptors (Lipinski definition) is 3. The third-order valence-electron chi connectivity index (χ3n) is 2.53. The van der Waals surface area contributed by atoms with Crippen molar-refractivity contribution in [2.24, 2.45) is 0 Å². The van der Waals surface area contributed by atoms with Crippen LogP contribution in [0.25, 0.3) is 16.9 Å². The maximum Gasteiger partial charge on any atom is 0.255 e. The summed E-state index contributed by atoms with van der Waals surface area (Å²) in [6.45, 7) is 0. The molecule has 3 aromatic rings. The summed E-state index contributed by atoms with van der Waals surface area (Å²) >= 11 is 24.3. The van der Waals surface area contributed by atoms with Crippen LogP contribution in [0.15, 0.2) is 24.5 Å². The number of benzene rings is 1. The lowest BCUT2D eigenvalue weighted by Gasteiger charge is -2.08. The molecule has 0 saturated heterocycles. The molecule has 0 atom stereocenters. The van der Waals surface area contributed by atoms with Gasteiger partial charge in [0.1, 0.15) is 16.6 Å². The first-order chi connectivity index (χ1) is 9.08. The third-order valence-corrected chi connectivity index (χ3v) is 3.90. The van der Waals surface area contributed by atoms with Gasteiger partial charge in [0.15, 0.2) is 0 Å². The molecule has 0 bridgehead atoms. The highest BCUT2D eigenvalue weighted by Crippen LogP contribution is 2.36. The summed E-state index contributed by atoms with van der Waals surface area (Å²) in [6.07, 6.45) is 1.35. The molecule has 0 fully saturated rings. The van der Waals surface area contributed by atoms with E-state index in [0.29, 0.717) is 32.1 Å². The van der Waals surface area contributed by atoms with E-state index in [2.05, 4.69) is 15.1 Å². The quantitative estimate of drug-likeness (QED) is 0.620. The molecule has 0 N–H and O–H groups in total. The van der Waals surface area contributed by atoms with Crippen molar-refractivity contribution in [1.82, 2.24) is 19.6 Å². The minimum atomic E-state index is 0.226. The van der Waals surface area contributed by atoms with Crippen LogP contribution < -0.4 is 0 Å². The van der Waals surface area contributed by atoms with Crippen molar-refractivity contribution in [3.63, 3.8) is 0 Å². The average molecular weight is 334 g/mol. The van der Waals surface area contributed by atoms with Crippen LogP contribution in [0.3, 0.4) is 0 Å². The Hall–Kier alpha value is -1.07. The predicted molar refractivity (Wildman–Crippen MR) is 76.3 cm³/mol. The van der Waals surface area contributed by atoms with E-state index in [1.807, 2.05) is 0 Å². The van der Waals surface area contributed by atoms with Gasteiger partial charge in [-0.1, -0.05) is 52.5 Å². The van der Waals surface area contributed by atoms with E-state index in [9.17, 15) is 0 Å². The van der Waals surface area contributed by atoms with Crippen molar-refractivity contribution in [3.05, 3.63) is 44.9 Å². The predicted octanol–water partition coefficient (Wildman–Crippen LogP) is 4.40. The molecular formula is C11H4Cl4N4. The Labute approximate surface area is 127 Å². The molecule has 0 amide bonds. The molecule has 0 unspecified atom stereocenters. The first-order valence-corrected chi connectivity index (χ1v) is 6.59. The Morgan fingerprint density at radius 2 is 1.79 bits per heavy atom. The van der Waals surface area contributed by atoms with Crippen LogP contribution in [-0.4, -0.2) is 19.6 Å². The summed E-state index contributed by atoms with van der Waals surface area (Å²) in [5.41, 5.74) is 1.23. The molecule has 4 nitrogen and oxygen atoms in total. The topological polar surface area (TPSA) is 43.1 Å². The zero-order valence-electron chi connectivity index (χ0n) is 9.11. The molecule has 0 radical (unpaired) electrons. The zero-order chi connectivity index (χ0) is 13.6. The van der Waals surface area contributed by atoms with Crippen molar-refractivity contribution in [1.29, 1.82) is 0 Å². The van der Waals surface area contributed by atoms with Gasteiger partial charge in [0.05, 0.1) is 15.6 Å². The van der Waals surface area contributed by atoms with Gasteiger partial charge in [-0.3, -0.25) is 0 Å². The second-order valence-electron chi connectivity index (χ2n) is 3.67. The molecule has 96 valence electrons. The van der Waals surface area contributed by atoms with E-state index >= 15 is 0 Å². The van der Waals surface area contributed by atoms with Gasteiger partial charge in [-0.05, 0) is 17.7 Å². The van der Waals surface area contributed by atoms with Gasteiger partial charge < -0.3 is 0 Å². The van der Waals surface area contributed by atoms with Crippen LogP contribution in [0.1, 0.15) is 0 Å². The first-order valence-electron chi connectivity index (χ1n) is 5.08. The monoisotopic (exact) mass is 332 g/mol. The highest BCUT2D eigenvalue weighted by atomic mass is 35.5. The smallest absolute Gasteiger partial charge is 0.198 e. The molecule has 0 aliphatic heterocycles. The van der Waals surface area contributed by atoms with Gasteiger partial charge >= 0.3 is 0 Å². The van der Waals surface area contributed by atoms with Crippen LogP contribution in [0.4, 0.5) is 0 Å². The summed E-state index contributed by atoms with van der Waals surface area (Å²) in [4.78, 5) is 8.05. The Morgan fingerprint density at radius 1 is 1.00 bits per heavy atom. The fraction of sp³-hybridized carbons (Fsp3) is 0. The zero-order valence-corrected chi connectivity index (χ0v) is 12.1. The molecular weight excluding hydrogens is 330 g/mol. The van der Waals surface area contributed by atoms with Crippen LogP contribution in [0.2, 0.25) is 20.4 Å². The van der Waals surface area contributed by atoms with Gasteiger partial charge in [-0.15, -0.1) is 0 Å². The second kappa shape index (κ2) is 4.80. The normalized spacial score (nSPS) is 11.2. The van der Waals surface area contributed by atoms with E-state index in [-0.39, 0.29) is 5.15 Å². The number of fused-ring (bicyclic) bond motifs is 1. The summed E-state index contributed by atoms with van der Waals surface area (Å²) in [6, 6.07) is 5.09. The number of halogens is 4. The van der Waals surface area contributed by atoms with Crippen LogP contribution >= 0.6 is 46.4 Å². The highest BCUT2D eigenvalue weighted by molar-refractivity contribution is 6.42. The van der Waals surface area contributed by atoms with Gasteiger partial charge in [0, 0.05) is 0 Å². The fourth-order valence-corrected chi connectivity index (χ4v) is 2.61. The molecule has 2 aromatic heterocycles. The molecule has 0 saturated carbocycles. The van der Waals surface area contributed by atoms with E-state index in [1.165, 1.54) is 10.8 Å². The lowest BCUT2D eigenvalue weighted by Crippen LogP contribution is -1.97. The molecule has 8 heteroatoms. The van der Waals surface area contributed by atoms with Crippen LogP contribution in [-0.2, 0) is 0 Å². The van der Waals surface area contributed by atoms with Crippen molar-refractivity contribution in [2.45, 2.75) is 0 Å². The van der Waals surface area contributed by atoms with Crippen LogP contribution in [0.5, 0.6) is 0 Å². The lowest BCUT2D eigenvalue weighted by molar-refractivity contribution is 0.942. The molecule has 1 aromatic carbocycles. The molecule has 19 heavy (non-hydrogen) atoms. The van der Waals surface area contributed by atoms with E-state index in [0.717, 1.165) is 0 Å². The van der Waals surface area contributed by atoms with E-state index in [4.69, 9.17) is 46.4 Å². The molecule has 2 heterocycles. The Bertz CT molecular complexity index is 784.